The molecule has 0 N–H and O–H groups in total. The van der Waals surface area contributed by atoms with E-state index >= 15 is 0 Å². The first kappa shape index (κ1) is 37.5. The van der Waals surface area contributed by atoms with Crippen LogP contribution in [0.5, 0.6) is 0 Å². The molecule has 0 saturated carbocycles. The Bertz CT molecular complexity index is 395. The second-order valence-electron chi connectivity index (χ2n) is 11.9. The van der Waals surface area contributed by atoms with E-state index in [0.717, 1.165) is 18.9 Å². The molecule has 0 aliphatic carbocycles. The highest BCUT2D eigenvalue weighted by Crippen LogP contribution is 2.29. The molecule has 0 fully saturated rings. The van der Waals surface area contributed by atoms with E-state index < -0.39 is 8.32 Å². The summed E-state index contributed by atoms with van der Waals surface area (Å²) in [7, 11) is -1.62. The number of rotatable bonds is 31. The second-order valence-corrected chi connectivity index (χ2v) is 16.5. The number of hydrogen-bond acceptors (Lipinski definition) is 3. The van der Waals surface area contributed by atoms with Gasteiger partial charge < -0.3 is 9.33 Å². The lowest BCUT2D eigenvalue weighted by molar-refractivity contribution is 0.194. The molecule has 37 heavy (non-hydrogen) atoms. The molecule has 0 bridgehead atoms. The van der Waals surface area contributed by atoms with Gasteiger partial charge >= 0.3 is 0 Å². The van der Waals surface area contributed by atoms with E-state index in [1.165, 1.54) is 166 Å². The number of thiol groups is 1. The molecular formula is C33H71NOSSi. The molecule has 0 atom stereocenters. The van der Waals surface area contributed by atoms with Gasteiger partial charge in [0.05, 0.1) is 0 Å². The normalized spacial score (nSPS) is 12.2. The Balaban J connectivity index is 4.64. The van der Waals surface area contributed by atoms with Crippen LogP contribution in [0.15, 0.2) is 0 Å². The fourth-order valence-electron chi connectivity index (χ4n) is 5.66. The zero-order valence-electron chi connectivity index (χ0n) is 26.3. The smallest absolute Gasteiger partial charge is 0.192 e. The molecule has 4 heteroatoms. The molecule has 0 aromatic carbocycles. The van der Waals surface area contributed by atoms with Gasteiger partial charge in [-0.15, -0.1) is 0 Å². The van der Waals surface area contributed by atoms with E-state index in [-0.39, 0.29) is 0 Å². The molecule has 0 rings (SSSR count). The van der Waals surface area contributed by atoms with Crippen LogP contribution in [0.2, 0.25) is 18.1 Å². The molecular weight excluding hydrogens is 487 g/mol. The minimum Gasteiger partial charge on any atom is -0.416 e. The number of unbranched alkanes of at least 4 members (excludes halogenated alkanes) is 16. The third-order valence-electron chi connectivity index (χ3n) is 8.23. The van der Waals surface area contributed by atoms with Crippen molar-refractivity contribution >= 4 is 20.9 Å². The van der Waals surface area contributed by atoms with Crippen molar-refractivity contribution in [3.63, 3.8) is 0 Å². The highest BCUT2D eigenvalue weighted by Gasteiger charge is 2.33. The highest BCUT2D eigenvalue weighted by atomic mass is 32.1. The van der Waals surface area contributed by atoms with Crippen LogP contribution < -0.4 is 0 Å². The van der Waals surface area contributed by atoms with Gasteiger partial charge in [0.15, 0.2) is 8.32 Å². The standard InChI is InChI=1S/C33H71NOSSi/c1-5-9-13-15-17-19-21-23-26-34(27-24-22-20-18-16-14-10-6-2)28-29-35-37(31-11-7-3,32-12-8-4)33-25-30-36/h36H,5-33H2,1-4H3. The topological polar surface area (TPSA) is 12.5 Å². The molecule has 0 aromatic heterocycles. The predicted molar refractivity (Wildman–Crippen MR) is 176 cm³/mol. The first-order valence-electron chi connectivity index (χ1n) is 17.1. The quantitative estimate of drug-likeness (QED) is 0.0517. The maximum absolute atomic E-state index is 6.99. The van der Waals surface area contributed by atoms with Crippen LogP contribution in [0, 0.1) is 0 Å². The zero-order valence-corrected chi connectivity index (χ0v) is 28.2. The van der Waals surface area contributed by atoms with E-state index in [1.807, 2.05) is 0 Å². The third kappa shape index (κ3) is 24.0. The average Bonchev–Trinajstić information content (AvgIpc) is 2.91. The van der Waals surface area contributed by atoms with Crippen LogP contribution in [-0.4, -0.2) is 45.2 Å². The zero-order chi connectivity index (χ0) is 27.3. The Morgan fingerprint density at radius 1 is 0.459 bits per heavy atom. The van der Waals surface area contributed by atoms with Gasteiger partial charge in [0, 0.05) is 13.2 Å². The van der Waals surface area contributed by atoms with Crippen LogP contribution in [0.4, 0.5) is 0 Å². The molecule has 0 heterocycles. The largest absolute Gasteiger partial charge is 0.416 e. The van der Waals surface area contributed by atoms with Crippen LogP contribution in [0.1, 0.15) is 163 Å². The fraction of sp³-hybridized carbons (Fsp3) is 1.00. The van der Waals surface area contributed by atoms with Crippen molar-refractivity contribution in [2.24, 2.45) is 0 Å². The van der Waals surface area contributed by atoms with Crippen LogP contribution >= 0.6 is 12.6 Å². The van der Waals surface area contributed by atoms with Crippen LogP contribution in [0.3, 0.4) is 0 Å². The molecule has 224 valence electrons. The minimum absolute atomic E-state index is 0.972. The van der Waals surface area contributed by atoms with E-state index in [2.05, 4.69) is 45.2 Å². The summed E-state index contributed by atoms with van der Waals surface area (Å²) in [6.45, 7) is 14.0. The van der Waals surface area contributed by atoms with E-state index in [9.17, 15) is 0 Å². The van der Waals surface area contributed by atoms with Gasteiger partial charge in [0.25, 0.3) is 0 Å². The number of nitrogens with zero attached hydrogens (tertiary/aromatic N) is 1. The first-order chi connectivity index (χ1) is 18.2. The molecule has 0 aromatic rings. The third-order valence-corrected chi connectivity index (χ3v) is 13.2. The van der Waals surface area contributed by atoms with Crippen molar-refractivity contribution in [2.45, 2.75) is 181 Å². The summed E-state index contributed by atoms with van der Waals surface area (Å²) in [6.07, 6.45) is 29.2. The van der Waals surface area contributed by atoms with Gasteiger partial charge in [-0.25, -0.2) is 0 Å². The van der Waals surface area contributed by atoms with E-state index in [1.54, 1.807) is 0 Å². The predicted octanol–water partition coefficient (Wildman–Crippen LogP) is 11.5. The summed E-state index contributed by atoms with van der Waals surface area (Å²) in [4.78, 5) is 2.77. The Morgan fingerprint density at radius 3 is 1.24 bits per heavy atom. The summed E-state index contributed by atoms with van der Waals surface area (Å²) in [5.41, 5.74) is 0. The summed E-state index contributed by atoms with van der Waals surface area (Å²) >= 11 is 4.56. The van der Waals surface area contributed by atoms with Gasteiger partial charge in [-0.05, 0) is 56.2 Å². The first-order valence-corrected chi connectivity index (χ1v) is 20.3. The molecule has 0 saturated heterocycles. The maximum atomic E-state index is 6.99. The Hall–Kier alpha value is 0.487. The Kier molecular flexibility index (Phi) is 29.9. The summed E-state index contributed by atoms with van der Waals surface area (Å²) in [5.74, 6) is 1.01. The molecule has 0 aliphatic rings. The monoisotopic (exact) mass is 558 g/mol. The lowest BCUT2D eigenvalue weighted by Crippen LogP contribution is -2.41. The van der Waals surface area contributed by atoms with Crippen LogP contribution in [0.25, 0.3) is 0 Å². The van der Waals surface area contributed by atoms with Gasteiger partial charge in [-0.1, -0.05) is 143 Å². The van der Waals surface area contributed by atoms with Crippen molar-refractivity contribution < 1.29 is 4.43 Å². The summed E-state index contributed by atoms with van der Waals surface area (Å²) in [6, 6.07) is 4.06. The van der Waals surface area contributed by atoms with Crippen molar-refractivity contribution in [1.82, 2.24) is 4.90 Å². The van der Waals surface area contributed by atoms with Gasteiger partial charge in [0.1, 0.15) is 0 Å². The molecule has 0 unspecified atom stereocenters. The van der Waals surface area contributed by atoms with E-state index in [4.69, 9.17) is 4.43 Å². The molecule has 2 nitrogen and oxygen atoms in total. The van der Waals surface area contributed by atoms with Gasteiger partial charge in [-0.3, -0.25) is 0 Å². The van der Waals surface area contributed by atoms with Crippen molar-refractivity contribution in [1.29, 1.82) is 0 Å². The van der Waals surface area contributed by atoms with Crippen molar-refractivity contribution in [3.05, 3.63) is 0 Å². The minimum atomic E-state index is -1.62. The van der Waals surface area contributed by atoms with Crippen molar-refractivity contribution in [2.75, 3.05) is 32.0 Å². The van der Waals surface area contributed by atoms with Gasteiger partial charge in [-0.2, -0.15) is 12.6 Å². The second kappa shape index (κ2) is 29.5. The lowest BCUT2D eigenvalue weighted by atomic mass is 10.1. The highest BCUT2D eigenvalue weighted by molar-refractivity contribution is 7.80. The van der Waals surface area contributed by atoms with E-state index in [0.29, 0.717) is 0 Å². The SMILES string of the molecule is CCCCCCCCCCN(CCCCCCCCCC)CCO[Si](CCCC)(CCCC)CCCS. The average molecular weight is 558 g/mol. The molecule has 0 amide bonds. The van der Waals surface area contributed by atoms with Crippen molar-refractivity contribution in [3.8, 4) is 0 Å². The fourth-order valence-corrected chi connectivity index (χ4v) is 10.6. The molecule has 0 spiro atoms. The summed E-state index contributed by atoms with van der Waals surface area (Å²) < 4.78 is 6.99. The Morgan fingerprint density at radius 2 is 0.838 bits per heavy atom. The molecule has 0 aliphatic heterocycles. The lowest BCUT2D eigenvalue weighted by Gasteiger charge is -2.33. The summed E-state index contributed by atoms with van der Waals surface area (Å²) in [5, 5.41) is 0. The Labute approximate surface area is 242 Å². The number of hydrogen-bond donors (Lipinski definition) is 1. The molecule has 0 radical (unpaired) electrons. The maximum Gasteiger partial charge on any atom is 0.192 e. The van der Waals surface area contributed by atoms with Gasteiger partial charge in [0.2, 0.25) is 0 Å². The van der Waals surface area contributed by atoms with Crippen LogP contribution in [-0.2, 0) is 4.43 Å².